The molecule has 2 unspecified atom stereocenters. The molecule has 0 spiro atoms. The first kappa shape index (κ1) is 20.7. The summed E-state index contributed by atoms with van der Waals surface area (Å²) in [5, 5.41) is 2.74. The Hall–Kier alpha value is -3.00. The van der Waals surface area contributed by atoms with Gasteiger partial charge in [-0.3, -0.25) is 19.3 Å². The Kier molecular flexibility index (Phi) is 6.12. The van der Waals surface area contributed by atoms with Crippen LogP contribution in [-0.2, 0) is 19.1 Å². The molecular formula is C21H19BrN2O5. The highest BCUT2D eigenvalue weighted by Crippen LogP contribution is 2.33. The second-order valence-corrected chi connectivity index (χ2v) is 7.56. The lowest BCUT2D eigenvalue weighted by atomic mass is 10.1. The first-order chi connectivity index (χ1) is 13.8. The molecule has 2 atom stereocenters. The van der Waals surface area contributed by atoms with Gasteiger partial charge in [0, 0.05) is 4.47 Å². The van der Waals surface area contributed by atoms with Crippen molar-refractivity contribution in [3.05, 3.63) is 64.1 Å². The van der Waals surface area contributed by atoms with Crippen LogP contribution in [0.5, 0.6) is 0 Å². The number of hydrogen-bond donors (Lipinski definition) is 1. The maximum Gasteiger partial charge on any atom is 0.329 e. The monoisotopic (exact) mass is 458 g/mol. The van der Waals surface area contributed by atoms with E-state index in [1.165, 1.54) is 13.0 Å². The van der Waals surface area contributed by atoms with Crippen molar-refractivity contribution in [3.8, 4) is 0 Å². The van der Waals surface area contributed by atoms with Crippen molar-refractivity contribution in [2.45, 2.75) is 25.9 Å². The second kappa shape index (κ2) is 8.57. The minimum atomic E-state index is -1.05. The summed E-state index contributed by atoms with van der Waals surface area (Å²) in [5.74, 6) is -2.72. The standard InChI is InChI=1S/C21H19BrN2O5/c1-12(14-6-4-3-5-7-14)23-18(25)11-29-21(28)13(2)24-17-9-8-15(22)10-16(17)19(26)20(24)27/h3-10,12-13H,11H2,1-2H3,(H,23,25). The SMILES string of the molecule is CC(NC(=O)COC(=O)C(C)N1C(=O)C(=O)c2cc(Br)ccc21)c1ccccc1. The van der Waals surface area contributed by atoms with E-state index in [1.807, 2.05) is 37.3 Å². The molecule has 2 amide bonds. The number of carbonyl (C=O) groups is 4. The topological polar surface area (TPSA) is 92.8 Å². The van der Waals surface area contributed by atoms with Crippen LogP contribution in [-0.4, -0.2) is 36.2 Å². The number of fused-ring (bicyclic) bond motifs is 1. The molecule has 0 fully saturated rings. The largest absolute Gasteiger partial charge is 0.454 e. The zero-order valence-electron chi connectivity index (χ0n) is 15.8. The molecule has 0 aromatic heterocycles. The number of rotatable bonds is 6. The number of amides is 2. The van der Waals surface area contributed by atoms with Gasteiger partial charge in [-0.05, 0) is 37.6 Å². The number of carbonyl (C=O) groups excluding carboxylic acids is 4. The van der Waals surface area contributed by atoms with Gasteiger partial charge in [0.25, 0.3) is 17.6 Å². The highest BCUT2D eigenvalue weighted by atomic mass is 79.9. The zero-order chi connectivity index (χ0) is 21.1. The fraction of sp³-hybridized carbons (Fsp3) is 0.238. The van der Waals surface area contributed by atoms with Crippen LogP contribution in [0.1, 0.15) is 35.8 Å². The number of halogens is 1. The van der Waals surface area contributed by atoms with Crippen LogP contribution in [0.2, 0.25) is 0 Å². The fourth-order valence-electron chi connectivity index (χ4n) is 3.09. The summed E-state index contributed by atoms with van der Waals surface area (Å²) in [6.45, 7) is 2.79. The Labute approximate surface area is 176 Å². The van der Waals surface area contributed by atoms with Crippen molar-refractivity contribution in [2.24, 2.45) is 0 Å². The summed E-state index contributed by atoms with van der Waals surface area (Å²) < 4.78 is 5.72. The summed E-state index contributed by atoms with van der Waals surface area (Å²) in [4.78, 5) is 50.1. The highest BCUT2D eigenvalue weighted by Gasteiger charge is 2.41. The number of nitrogens with zero attached hydrogens (tertiary/aromatic N) is 1. The third-order valence-corrected chi connectivity index (χ3v) is 5.12. The van der Waals surface area contributed by atoms with Crippen molar-refractivity contribution in [1.82, 2.24) is 5.32 Å². The van der Waals surface area contributed by atoms with Crippen molar-refractivity contribution in [1.29, 1.82) is 0 Å². The van der Waals surface area contributed by atoms with Crippen LogP contribution in [0, 0.1) is 0 Å². The van der Waals surface area contributed by atoms with Gasteiger partial charge in [0.05, 0.1) is 17.3 Å². The van der Waals surface area contributed by atoms with Gasteiger partial charge in [0.1, 0.15) is 6.04 Å². The molecule has 1 aliphatic rings. The number of hydrogen-bond acceptors (Lipinski definition) is 5. The maximum absolute atomic E-state index is 12.4. The molecule has 0 aliphatic carbocycles. The number of ketones is 1. The molecule has 0 saturated heterocycles. The van der Waals surface area contributed by atoms with E-state index in [1.54, 1.807) is 12.1 Å². The fourth-order valence-corrected chi connectivity index (χ4v) is 3.45. The number of ether oxygens (including phenoxy) is 1. The molecule has 1 heterocycles. The van der Waals surface area contributed by atoms with E-state index in [0.29, 0.717) is 10.2 Å². The van der Waals surface area contributed by atoms with Gasteiger partial charge in [0.15, 0.2) is 6.61 Å². The van der Waals surface area contributed by atoms with Crippen LogP contribution in [0.15, 0.2) is 53.0 Å². The molecule has 150 valence electrons. The summed E-state index contributed by atoms with van der Waals surface area (Å²) in [7, 11) is 0. The average molecular weight is 459 g/mol. The number of nitrogens with one attached hydrogen (secondary N) is 1. The van der Waals surface area contributed by atoms with Crippen LogP contribution in [0.3, 0.4) is 0 Å². The molecule has 7 nitrogen and oxygen atoms in total. The van der Waals surface area contributed by atoms with E-state index in [4.69, 9.17) is 4.74 Å². The van der Waals surface area contributed by atoms with E-state index in [9.17, 15) is 19.2 Å². The second-order valence-electron chi connectivity index (χ2n) is 6.65. The van der Waals surface area contributed by atoms with E-state index in [2.05, 4.69) is 21.2 Å². The first-order valence-electron chi connectivity index (χ1n) is 8.98. The molecule has 29 heavy (non-hydrogen) atoms. The molecule has 0 saturated carbocycles. The predicted molar refractivity (Wildman–Crippen MR) is 109 cm³/mol. The third-order valence-electron chi connectivity index (χ3n) is 4.63. The van der Waals surface area contributed by atoms with Crippen LogP contribution in [0.25, 0.3) is 0 Å². The van der Waals surface area contributed by atoms with Crippen LogP contribution in [0.4, 0.5) is 5.69 Å². The maximum atomic E-state index is 12.4. The Morgan fingerprint density at radius 3 is 2.48 bits per heavy atom. The van der Waals surface area contributed by atoms with Crippen LogP contribution < -0.4 is 10.2 Å². The number of benzene rings is 2. The first-order valence-corrected chi connectivity index (χ1v) is 9.77. The number of esters is 1. The Morgan fingerprint density at radius 2 is 1.79 bits per heavy atom. The van der Waals surface area contributed by atoms with Gasteiger partial charge in [-0.1, -0.05) is 46.3 Å². The molecule has 0 bridgehead atoms. The van der Waals surface area contributed by atoms with Crippen molar-refractivity contribution < 1.29 is 23.9 Å². The van der Waals surface area contributed by atoms with Crippen LogP contribution >= 0.6 is 15.9 Å². The normalized spacial score (nSPS) is 14.9. The summed E-state index contributed by atoms with van der Waals surface area (Å²) in [6.07, 6.45) is 0. The summed E-state index contributed by atoms with van der Waals surface area (Å²) in [5.41, 5.74) is 1.48. The van der Waals surface area contributed by atoms with Gasteiger partial charge in [-0.15, -0.1) is 0 Å². The Balaban J connectivity index is 1.61. The van der Waals surface area contributed by atoms with E-state index >= 15 is 0 Å². The molecule has 0 radical (unpaired) electrons. The highest BCUT2D eigenvalue weighted by molar-refractivity contribution is 9.10. The lowest BCUT2D eigenvalue weighted by molar-refractivity contribution is -0.150. The lowest BCUT2D eigenvalue weighted by Crippen LogP contribution is -2.44. The van der Waals surface area contributed by atoms with Crippen molar-refractivity contribution in [2.75, 3.05) is 11.5 Å². The predicted octanol–water partition coefficient (Wildman–Crippen LogP) is 2.79. The summed E-state index contributed by atoms with van der Waals surface area (Å²) >= 11 is 3.26. The van der Waals surface area contributed by atoms with Gasteiger partial charge in [0.2, 0.25) is 0 Å². The minimum absolute atomic E-state index is 0.221. The number of anilines is 1. The third kappa shape index (κ3) is 4.37. The minimum Gasteiger partial charge on any atom is -0.454 e. The smallest absolute Gasteiger partial charge is 0.329 e. The number of Topliss-reactive ketones (excluding diaryl/α,β-unsaturated/α-hetero) is 1. The lowest BCUT2D eigenvalue weighted by Gasteiger charge is -2.23. The molecule has 2 aromatic carbocycles. The van der Waals surface area contributed by atoms with Gasteiger partial charge < -0.3 is 10.1 Å². The van der Waals surface area contributed by atoms with Gasteiger partial charge >= 0.3 is 5.97 Å². The van der Waals surface area contributed by atoms with E-state index in [-0.39, 0.29) is 11.6 Å². The van der Waals surface area contributed by atoms with Gasteiger partial charge in [-0.2, -0.15) is 0 Å². The molecule has 1 N–H and O–H groups in total. The molecular weight excluding hydrogens is 440 g/mol. The average Bonchev–Trinajstić information content (AvgIpc) is 2.96. The summed E-state index contributed by atoms with van der Waals surface area (Å²) in [6, 6.07) is 12.9. The Morgan fingerprint density at radius 1 is 1.10 bits per heavy atom. The molecule has 3 rings (SSSR count). The Bertz CT molecular complexity index is 976. The van der Waals surface area contributed by atoms with E-state index in [0.717, 1.165) is 10.5 Å². The van der Waals surface area contributed by atoms with Gasteiger partial charge in [-0.25, -0.2) is 4.79 Å². The zero-order valence-corrected chi connectivity index (χ0v) is 17.4. The molecule has 8 heteroatoms. The molecule has 1 aliphatic heterocycles. The quantitative estimate of drug-likeness (QED) is 0.530. The van der Waals surface area contributed by atoms with E-state index < -0.39 is 36.2 Å². The molecule has 2 aromatic rings. The van der Waals surface area contributed by atoms with Crippen molar-refractivity contribution >= 4 is 45.2 Å². The van der Waals surface area contributed by atoms with Crippen molar-refractivity contribution in [3.63, 3.8) is 0 Å².